The molecule has 2 unspecified atom stereocenters. The summed E-state index contributed by atoms with van der Waals surface area (Å²) in [6.45, 7) is 0.104. The summed E-state index contributed by atoms with van der Waals surface area (Å²) >= 11 is 6.17. The Hall–Kier alpha value is -3.71. The SMILES string of the molecule is CNc1[nH]ncc1C(=O)Nc1cn(CC(=O)N2CC3CN(C)CC3C2)nc1-c1cc(Cl)ccc1OC(F)F. The molecule has 5 rings (SSSR count). The predicted octanol–water partition coefficient (Wildman–Crippen LogP) is 2.84. The zero-order valence-corrected chi connectivity index (χ0v) is 21.5. The van der Waals surface area contributed by atoms with Crippen LogP contribution in [-0.2, 0) is 11.3 Å². The Labute approximate surface area is 222 Å². The number of ether oxygens (including phenoxy) is 1. The fraction of sp³-hybridized carbons (Fsp3) is 0.417. The van der Waals surface area contributed by atoms with Crippen molar-refractivity contribution in [3.8, 4) is 17.0 Å². The highest BCUT2D eigenvalue weighted by molar-refractivity contribution is 6.31. The average molecular weight is 549 g/mol. The number of carbonyl (C=O) groups is 2. The zero-order chi connectivity index (χ0) is 27.0. The molecule has 38 heavy (non-hydrogen) atoms. The van der Waals surface area contributed by atoms with Crippen LogP contribution < -0.4 is 15.4 Å². The van der Waals surface area contributed by atoms with Gasteiger partial charge in [-0.1, -0.05) is 11.6 Å². The number of amides is 2. The van der Waals surface area contributed by atoms with Gasteiger partial charge in [0.15, 0.2) is 0 Å². The fourth-order valence-corrected chi connectivity index (χ4v) is 5.36. The molecule has 0 bridgehead atoms. The maximum absolute atomic E-state index is 13.1. The second-order valence-corrected chi connectivity index (χ2v) is 9.95. The van der Waals surface area contributed by atoms with Gasteiger partial charge in [0.05, 0.1) is 11.9 Å². The summed E-state index contributed by atoms with van der Waals surface area (Å²) in [6.07, 6.45) is 2.84. The van der Waals surface area contributed by atoms with Crippen LogP contribution in [-0.4, -0.2) is 88.5 Å². The largest absolute Gasteiger partial charge is 0.434 e. The molecule has 0 aliphatic carbocycles. The molecule has 11 nitrogen and oxygen atoms in total. The van der Waals surface area contributed by atoms with Crippen molar-refractivity contribution in [1.29, 1.82) is 0 Å². The molecular formula is C24H27ClF2N8O3. The maximum atomic E-state index is 13.1. The van der Waals surface area contributed by atoms with Crippen molar-refractivity contribution in [2.24, 2.45) is 11.8 Å². The van der Waals surface area contributed by atoms with E-state index in [-0.39, 0.29) is 45.7 Å². The first-order chi connectivity index (χ1) is 18.2. The predicted molar refractivity (Wildman–Crippen MR) is 136 cm³/mol. The Kier molecular flexibility index (Phi) is 7.21. The smallest absolute Gasteiger partial charge is 0.387 e. The van der Waals surface area contributed by atoms with Crippen LogP contribution in [0.5, 0.6) is 5.75 Å². The van der Waals surface area contributed by atoms with Crippen LogP contribution in [0.3, 0.4) is 0 Å². The minimum Gasteiger partial charge on any atom is -0.434 e. The van der Waals surface area contributed by atoms with Crippen LogP contribution in [0, 0.1) is 11.8 Å². The number of anilines is 2. The van der Waals surface area contributed by atoms with Gasteiger partial charge in [0, 0.05) is 50.0 Å². The lowest BCUT2D eigenvalue weighted by molar-refractivity contribution is -0.131. The van der Waals surface area contributed by atoms with Crippen LogP contribution in [0.2, 0.25) is 5.02 Å². The Morgan fingerprint density at radius 2 is 1.97 bits per heavy atom. The highest BCUT2D eigenvalue weighted by atomic mass is 35.5. The van der Waals surface area contributed by atoms with E-state index in [9.17, 15) is 18.4 Å². The number of hydrogen-bond donors (Lipinski definition) is 3. The third-order valence-electron chi connectivity index (χ3n) is 6.88. The van der Waals surface area contributed by atoms with Gasteiger partial charge in [-0.3, -0.25) is 19.4 Å². The molecule has 14 heteroatoms. The van der Waals surface area contributed by atoms with E-state index in [4.69, 9.17) is 11.6 Å². The first-order valence-corrected chi connectivity index (χ1v) is 12.4. The normalized spacial score (nSPS) is 19.2. The van der Waals surface area contributed by atoms with Crippen molar-refractivity contribution in [1.82, 2.24) is 29.8 Å². The van der Waals surface area contributed by atoms with Gasteiger partial charge in [-0.15, -0.1) is 0 Å². The second-order valence-electron chi connectivity index (χ2n) is 9.51. The molecular weight excluding hydrogens is 522 g/mol. The van der Waals surface area contributed by atoms with Crippen LogP contribution in [0.15, 0.2) is 30.6 Å². The van der Waals surface area contributed by atoms with Crippen molar-refractivity contribution in [3.05, 3.63) is 41.2 Å². The summed E-state index contributed by atoms with van der Waals surface area (Å²) in [6, 6.07) is 4.13. The molecule has 4 heterocycles. The van der Waals surface area contributed by atoms with Gasteiger partial charge in [0.25, 0.3) is 5.91 Å². The third-order valence-corrected chi connectivity index (χ3v) is 7.11. The molecule has 1 aromatic carbocycles. The highest BCUT2D eigenvalue weighted by Crippen LogP contribution is 2.37. The molecule has 2 aliphatic rings. The first kappa shape index (κ1) is 25.9. The van der Waals surface area contributed by atoms with Gasteiger partial charge in [0.2, 0.25) is 5.91 Å². The van der Waals surface area contributed by atoms with E-state index in [0.29, 0.717) is 30.7 Å². The molecule has 0 spiro atoms. The Morgan fingerprint density at radius 1 is 1.24 bits per heavy atom. The Bertz CT molecular complexity index is 1330. The summed E-state index contributed by atoms with van der Waals surface area (Å²) in [7, 11) is 3.71. The number of hydrogen-bond acceptors (Lipinski definition) is 7. The van der Waals surface area contributed by atoms with E-state index in [2.05, 4.69) is 42.6 Å². The minimum absolute atomic E-state index is 0.0861. The number of aromatic nitrogens is 4. The molecule has 3 N–H and O–H groups in total. The highest BCUT2D eigenvalue weighted by Gasteiger charge is 2.40. The zero-order valence-electron chi connectivity index (χ0n) is 20.7. The molecule has 2 aliphatic heterocycles. The van der Waals surface area contributed by atoms with Gasteiger partial charge < -0.3 is 25.2 Å². The first-order valence-electron chi connectivity index (χ1n) is 12.0. The number of nitrogens with zero attached hydrogens (tertiary/aromatic N) is 5. The van der Waals surface area contributed by atoms with Gasteiger partial charge in [0.1, 0.15) is 29.4 Å². The van der Waals surface area contributed by atoms with Crippen molar-refractivity contribution in [2.45, 2.75) is 13.2 Å². The summed E-state index contributed by atoms with van der Waals surface area (Å²) < 4.78 is 32.4. The van der Waals surface area contributed by atoms with E-state index in [1.807, 2.05) is 4.90 Å². The molecule has 202 valence electrons. The van der Waals surface area contributed by atoms with Crippen LogP contribution in [0.4, 0.5) is 20.3 Å². The minimum atomic E-state index is -3.09. The van der Waals surface area contributed by atoms with Crippen molar-refractivity contribution >= 4 is 34.9 Å². The van der Waals surface area contributed by atoms with Crippen LogP contribution in [0.1, 0.15) is 10.4 Å². The number of rotatable bonds is 8. The van der Waals surface area contributed by atoms with Gasteiger partial charge in [-0.2, -0.15) is 19.0 Å². The maximum Gasteiger partial charge on any atom is 0.387 e. The quantitative estimate of drug-likeness (QED) is 0.396. The summed E-state index contributed by atoms with van der Waals surface area (Å²) in [5.74, 6) is 0.475. The van der Waals surface area contributed by atoms with E-state index < -0.39 is 12.5 Å². The number of nitrogens with one attached hydrogen (secondary N) is 3. The standard InChI is InChI=1S/C24H27ClF2N8O3/c1-28-22-17(6-29-31-22)23(37)30-18-11-35(12-20(36)34-9-13-7-33(2)8-14(13)10-34)32-21(18)16-5-15(25)3-4-19(16)38-24(26)27/h3-6,11,13-14,24H,7-10,12H2,1-2H3,(H,30,37)(H2,28,29,31). The Morgan fingerprint density at radius 3 is 2.66 bits per heavy atom. The molecule has 0 radical (unpaired) electrons. The molecule has 3 aromatic rings. The van der Waals surface area contributed by atoms with Gasteiger partial charge in [-0.05, 0) is 37.1 Å². The number of aromatic amines is 1. The number of likely N-dealkylation sites (tertiary alicyclic amines) is 2. The topological polar surface area (TPSA) is 120 Å². The number of H-pyrrole nitrogens is 1. The molecule has 2 saturated heterocycles. The van der Waals surface area contributed by atoms with E-state index in [1.54, 1.807) is 7.05 Å². The van der Waals surface area contributed by atoms with E-state index >= 15 is 0 Å². The lowest BCUT2D eigenvalue weighted by atomic mass is 10.0. The monoisotopic (exact) mass is 548 g/mol. The number of carbonyl (C=O) groups excluding carboxylic acids is 2. The third kappa shape index (κ3) is 5.29. The average Bonchev–Trinajstić information content (AvgIpc) is 3.63. The van der Waals surface area contributed by atoms with Crippen LogP contribution >= 0.6 is 11.6 Å². The lowest BCUT2D eigenvalue weighted by Gasteiger charge is -2.19. The molecule has 2 aromatic heterocycles. The summed E-state index contributed by atoms with van der Waals surface area (Å²) in [5.41, 5.74) is 0.677. The number of benzene rings is 1. The van der Waals surface area contributed by atoms with Crippen molar-refractivity contribution in [3.63, 3.8) is 0 Å². The lowest BCUT2D eigenvalue weighted by Crippen LogP contribution is -2.34. The molecule has 0 saturated carbocycles. The second kappa shape index (κ2) is 10.6. The summed E-state index contributed by atoms with van der Waals surface area (Å²) in [4.78, 5) is 30.3. The molecule has 2 atom stereocenters. The number of halogens is 3. The van der Waals surface area contributed by atoms with E-state index in [1.165, 1.54) is 35.3 Å². The fourth-order valence-electron chi connectivity index (χ4n) is 5.19. The van der Waals surface area contributed by atoms with Crippen molar-refractivity contribution in [2.75, 3.05) is 50.9 Å². The molecule has 2 fully saturated rings. The number of fused-ring (bicyclic) bond motifs is 1. The Balaban J connectivity index is 1.45. The van der Waals surface area contributed by atoms with Crippen molar-refractivity contribution < 1.29 is 23.1 Å². The van der Waals surface area contributed by atoms with Gasteiger partial charge >= 0.3 is 6.61 Å². The number of alkyl halides is 2. The van der Waals surface area contributed by atoms with Gasteiger partial charge in [-0.25, -0.2) is 0 Å². The van der Waals surface area contributed by atoms with E-state index in [0.717, 1.165) is 13.1 Å². The summed E-state index contributed by atoms with van der Waals surface area (Å²) in [5, 5.41) is 16.9. The molecule has 2 amide bonds. The van der Waals surface area contributed by atoms with Crippen LogP contribution in [0.25, 0.3) is 11.3 Å².